The molecule has 1 aromatic carbocycles. The van der Waals surface area contributed by atoms with E-state index < -0.39 is 0 Å². The van der Waals surface area contributed by atoms with Crippen LogP contribution in [0.25, 0.3) is 11.0 Å². The second kappa shape index (κ2) is 5.67. The number of hydrogen-bond acceptors (Lipinski definition) is 3. The molecule has 0 aliphatic rings. The molecule has 0 bridgehead atoms. The lowest BCUT2D eigenvalue weighted by atomic mass is 9.94. The number of carbonyl (C=O) groups is 1. The summed E-state index contributed by atoms with van der Waals surface area (Å²) in [5, 5.41) is 3.80. The van der Waals surface area contributed by atoms with E-state index in [2.05, 4.69) is 5.32 Å². The number of benzene rings is 1. The van der Waals surface area contributed by atoms with Crippen LogP contribution >= 0.6 is 0 Å². The summed E-state index contributed by atoms with van der Waals surface area (Å²) in [5.74, 6) is 0.121. The molecular formula is C16H22N2O2. The van der Waals surface area contributed by atoms with E-state index >= 15 is 0 Å². The lowest BCUT2D eigenvalue weighted by molar-refractivity contribution is 0.0916. The third-order valence-corrected chi connectivity index (χ3v) is 3.90. The molecule has 1 aromatic heterocycles. The van der Waals surface area contributed by atoms with Crippen LogP contribution < -0.4 is 11.1 Å². The number of carbonyl (C=O) groups excluding carboxylic acids is 1. The Labute approximate surface area is 119 Å². The largest absolute Gasteiger partial charge is 0.451 e. The van der Waals surface area contributed by atoms with Crippen molar-refractivity contribution in [2.45, 2.75) is 39.2 Å². The van der Waals surface area contributed by atoms with Crippen molar-refractivity contribution in [2.24, 2.45) is 5.73 Å². The number of fused-ring (bicyclic) bond motifs is 1. The van der Waals surface area contributed by atoms with Crippen molar-refractivity contribution in [3.63, 3.8) is 0 Å². The van der Waals surface area contributed by atoms with E-state index in [4.69, 9.17) is 10.2 Å². The molecule has 2 rings (SSSR count). The molecule has 1 heterocycles. The molecule has 0 unspecified atom stereocenters. The molecule has 0 spiro atoms. The van der Waals surface area contributed by atoms with Gasteiger partial charge in [0.25, 0.3) is 5.91 Å². The molecule has 0 radical (unpaired) electrons. The average molecular weight is 274 g/mol. The fourth-order valence-electron chi connectivity index (χ4n) is 2.12. The number of hydrogen-bond donors (Lipinski definition) is 2. The van der Waals surface area contributed by atoms with E-state index in [1.165, 1.54) is 0 Å². The molecular weight excluding hydrogens is 252 g/mol. The van der Waals surface area contributed by atoms with E-state index in [-0.39, 0.29) is 11.4 Å². The highest BCUT2D eigenvalue weighted by Gasteiger charge is 2.22. The van der Waals surface area contributed by atoms with Crippen molar-refractivity contribution in [1.29, 1.82) is 0 Å². The Balaban J connectivity index is 2.11. The molecule has 0 saturated carbocycles. The van der Waals surface area contributed by atoms with Gasteiger partial charge in [-0.2, -0.15) is 0 Å². The first-order valence-electron chi connectivity index (χ1n) is 7.04. The number of aryl methyl sites for hydroxylation is 1. The van der Waals surface area contributed by atoms with Gasteiger partial charge in [0.1, 0.15) is 5.58 Å². The number of nitrogens with one attached hydrogen (secondary N) is 1. The van der Waals surface area contributed by atoms with Crippen LogP contribution in [0.15, 0.2) is 28.7 Å². The lowest BCUT2D eigenvalue weighted by Crippen LogP contribution is -2.49. The smallest absolute Gasteiger partial charge is 0.287 e. The summed E-state index contributed by atoms with van der Waals surface area (Å²) in [6.07, 6.45) is 1.65. The maximum Gasteiger partial charge on any atom is 0.287 e. The zero-order valence-electron chi connectivity index (χ0n) is 12.3. The van der Waals surface area contributed by atoms with Crippen molar-refractivity contribution in [2.75, 3.05) is 6.54 Å². The highest BCUT2D eigenvalue weighted by atomic mass is 16.3. The van der Waals surface area contributed by atoms with Crippen molar-refractivity contribution in [1.82, 2.24) is 5.32 Å². The van der Waals surface area contributed by atoms with Crippen molar-refractivity contribution in [3.8, 4) is 0 Å². The quantitative estimate of drug-likeness (QED) is 0.880. The standard InChI is InChI=1S/C16H22N2O2/c1-4-16(17,5-2)10-18-15(19)14-9-12-8-11(3)6-7-13(12)20-14/h6-9H,4-5,10,17H2,1-3H3,(H,18,19). The SMILES string of the molecule is CCC(N)(CC)CNC(=O)c1cc2cc(C)ccc2o1. The van der Waals surface area contributed by atoms with E-state index in [0.29, 0.717) is 12.3 Å². The van der Waals surface area contributed by atoms with Crippen LogP contribution in [0.5, 0.6) is 0 Å². The predicted octanol–water partition coefficient (Wildman–Crippen LogP) is 2.99. The minimum atomic E-state index is -0.349. The highest BCUT2D eigenvalue weighted by Crippen LogP contribution is 2.20. The lowest BCUT2D eigenvalue weighted by Gasteiger charge is -2.26. The molecule has 20 heavy (non-hydrogen) atoms. The van der Waals surface area contributed by atoms with Gasteiger partial charge in [0, 0.05) is 17.5 Å². The maximum absolute atomic E-state index is 12.1. The van der Waals surface area contributed by atoms with Gasteiger partial charge in [0.15, 0.2) is 5.76 Å². The summed E-state index contributed by atoms with van der Waals surface area (Å²) >= 11 is 0. The Bertz CT molecular complexity index is 612. The summed E-state index contributed by atoms with van der Waals surface area (Å²) in [6.45, 7) is 6.52. The molecule has 0 aliphatic heterocycles. The van der Waals surface area contributed by atoms with Crippen LogP contribution in [0.2, 0.25) is 0 Å². The third kappa shape index (κ3) is 3.02. The Hall–Kier alpha value is -1.81. The molecule has 4 heteroatoms. The molecule has 0 aliphatic carbocycles. The Kier molecular flexibility index (Phi) is 4.14. The zero-order valence-corrected chi connectivity index (χ0v) is 12.3. The van der Waals surface area contributed by atoms with Crippen LogP contribution in [0.3, 0.4) is 0 Å². The molecule has 0 fully saturated rings. The van der Waals surface area contributed by atoms with Gasteiger partial charge in [-0.15, -0.1) is 0 Å². The minimum Gasteiger partial charge on any atom is -0.451 e. The summed E-state index contributed by atoms with van der Waals surface area (Å²) in [7, 11) is 0. The van der Waals surface area contributed by atoms with E-state index in [9.17, 15) is 4.79 Å². The average Bonchev–Trinajstić information content (AvgIpc) is 2.87. The van der Waals surface area contributed by atoms with Gasteiger partial charge in [0.05, 0.1) is 0 Å². The van der Waals surface area contributed by atoms with Crippen molar-refractivity contribution in [3.05, 3.63) is 35.6 Å². The third-order valence-electron chi connectivity index (χ3n) is 3.90. The number of nitrogens with two attached hydrogens (primary N) is 1. The second-order valence-electron chi connectivity index (χ2n) is 5.40. The van der Waals surface area contributed by atoms with E-state index in [0.717, 1.165) is 29.4 Å². The van der Waals surface area contributed by atoms with Crippen molar-refractivity contribution >= 4 is 16.9 Å². The molecule has 108 valence electrons. The first-order valence-corrected chi connectivity index (χ1v) is 7.04. The van der Waals surface area contributed by atoms with Gasteiger partial charge in [-0.05, 0) is 38.0 Å². The fourth-order valence-corrected chi connectivity index (χ4v) is 2.12. The molecule has 1 amide bonds. The summed E-state index contributed by atoms with van der Waals surface area (Å²) in [5.41, 5.74) is 7.69. The normalized spacial score (nSPS) is 11.8. The van der Waals surface area contributed by atoms with Gasteiger partial charge in [-0.25, -0.2) is 0 Å². The van der Waals surface area contributed by atoms with Gasteiger partial charge in [-0.3, -0.25) is 4.79 Å². The van der Waals surface area contributed by atoms with Crippen LogP contribution in [0, 0.1) is 6.92 Å². The Morgan fingerprint density at radius 2 is 2.00 bits per heavy atom. The van der Waals surface area contributed by atoms with E-state index in [1.807, 2.05) is 39.0 Å². The molecule has 3 N–H and O–H groups in total. The fraction of sp³-hybridized carbons (Fsp3) is 0.438. The van der Waals surface area contributed by atoms with Crippen LogP contribution in [-0.4, -0.2) is 18.0 Å². The predicted molar refractivity (Wildman–Crippen MR) is 80.8 cm³/mol. The monoisotopic (exact) mass is 274 g/mol. The zero-order chi connectivity index (χ0) is 14.8. The maximum atomic E-state index is 12.1. The first kappa shape index (κ1) is 14.6. The minimum absolute atomic E-state index is 0.212. The van der Waals surface area contributed by atoms with Gasteiger partial charge in [-0.1, -0.05) is 25.5 Å². The highest BCUT2D eigenvalue weighted by molar-refractivity contribution is 5.96. The van der Waals surface area contributed by atoms with E-state index in [1.54, 1.807) is 6.07 Å². The Morgan fingerprint density at radius 1 is 1.30 bits per heavy atom. The number of furan rings is 1. The van der Waals surface area contributed by atoms with Crippen molar-refractivity contribution < 1.29 is 9.21 Å². The number of rotatable bonds is 5. The summed E-state index contributed by atoms with van der Waals surface area (Å²) in [4.78, 5) is 12.1. The second-order valence-corrected chi connectivity index (χ2v) is 5.40. The molecule has 0 atom stereocenters. The van der Waals surface area contributed by atoms with Crippen LogP contribution in [0.4, 0.5) is 0 Å². The summed E-state index contributed by atoms with van der Waals surface area (Å²) in [6, 6.07) is 7.62. The van der Waals surface area contributed by atoms with Gasteiger partial charge >= 0.3 is 0 Å². The van der Waals surface area contributed by atoms with Crippen LogP contribution in [-0.2, 0) is 0 Å². The topological polar surface area (TPSA) is 68.3 Å². The van der Waals surface area contributed by atoms with Gasteiger partial charge in [0.2, 0.25) is 0 Å². The van der Waals surface area contributed by atoms with Gasteiger partial charge < -0.3 is 15.5 Å². The number of amides is 1. The molecule has 2 aromatic rings. The van der Waals surface area contributed by atoms with Crippen LogP contribution in [0.1, 0.15) is 42.8 Å². The Morgan fingerprint density at radius 3 is 2.65 bits per heavy atom. The summed E-state index contributed by atoms with van der Waals surface area (Å²) < 4.78 is 5.56. The molecule has 4 nitrogen and oxygen atoms in total. The molecule has 0 saturated heterocycles. The first-order chi connectivity index (χ1) is 9.47.